The third-order valence-electron chi connectivity index (χ3n) is 3.79. The standard InChI is InChI=1S/C18H27FO2/c1-3-5-6-7-8-17(4-2)18(20)21-14-16-11-9-15(13-19)10-12-16/h9-12,17H,3-8,13-14H2,1-2H3. The highest BCUT2D eigenvalue weighted by atomic mass is 19.1. The van der Waals surface area contributed by atoms with Gasteiger partial charge in [0.1, 0.15) is 13.3 Å². The van der Waals surface area contributed by atoms with E-state index in [1.165, 1.54) is 19.3 Å². The lowest BCUT2D eigenvalue weighted by atomic mass is 9.98. The molecule has 0 aromatic heterocycles. The Morgan fingerprint density at radius 1 is 1.10 bits per heavy atom. The van der Waals surface area contributed by atoms with Crippen LogP contribution in [0.25, 0.3) is 0 Å². The first-order valence-electron chi connectivity index (χ1n) is 8.01. The minimum atomic E-state index is -0.463. The van der Waals surface area contributed by atoms with Crippen LogP contribution < -0.4 is 0 Å². The van der Waals surface area contributed by atoms with Crippen molar-refractivity contribution in [2.45, 2.75) is 65.7 Å². The summed E-state index contributed by atoms with van der Waals surface area (Å²) in [6.45, 7) is 4.02. The highest BCUT2D eigenvalue weighted by Gasteiger charge is 2.17. The number of hydrogen-bond acceptors (Lipinski definition) is 2. The van der Waals surface area contributed by atoms with Crippen molar-refractivity contribution < 1.29 is 13.9 Å². The Labute approximate surface area is 127 Å². The number of carbonyl (C=O) groups is 1. The minimum absolute atomic E-state index is 0.00645. The fraction of sp³-hybridized carbons (Fsp3) is 0.611. The molecule has 1 unspecified atom stereocenters. The van der Waals surface area contributed by atoms with Crippen LogP contribution in [-0.4, -0.2) is 5.97 Å². The molecule has 0 saturated heterocycles. The first kappa shape index (κ1) is 17.7. The monoisotopic (exact) mass is 294 g/mol. The third-order valence-corrected chi connectivity index (χ3v) is 3.79. The van der Waals surface area contributed by atoms with Gasteiger partial charge < -0.3 is 4.74 Å². The van der Waals surface area contributed by atoms with E-state index in [1.807, 2.05) is 19.1 Å². The van der Waals surface area contributed by atoms with Crippen molar-refractivity contribution in [1.29, 1.82) is 0 Å². The zero-order valence-electron chi connectivity index (χ0n) is 13.2. The van der Waals surface area contributed by atoms with Crippen LogP contribution in [0.5, 0.6) is 0 Å². The summed E-state index contributed by atoms with van der Waals surface area (Å²) >= 11 is 0. The minimum Gasteiger partial charge on any atom is -0.461 e. The Balaban J connectivity index is 2.35. The van der Waals surface area contributed by atoms with Crippen molar-refractivity contribution in [3.63, 3.8) is 0 Å². The molecule has 1 aromatic carbocycles. The molecule has 0 saturated carbocycles. The van der Waals surface area contributed by atoms with Gasteiger partial charge in [0.05, 0.1) is 5.92 Å². The lowest BCUT2D eigenvalue weighted by Crippen LogP contribution is -2.17. The van der Waals surface area contributed by atoms with Crippen molar-refractivity contribution in [2.24, 2.45) is 5.92 Å². The Hall–Kier alpha value is -1.38. The van der Waals surface area contributed by atoms with Gasteiger partial charge in [-0.1, -0.05) is 63.8 Å². The fourth-order valence-corrected chi connectivity index (χ4v) is 2.30. The summed E-state index contributed by atoms with van der Waals surface area (Å²) in [6, 6.07) is 7.07. The lowest BCUT2D eigenvalue weighted by Gasteiger charge is -2.14. The Morgan fingerprint density at radius 3 is 2.33 bits per heavy atom. The largest absolute Gasteiger partial charge is 0.461 e. The van der Waals surface area contributed by atoms with Gasteiger partial charge in [-0.25, -0.2) is 4.39 Å². The topological polar surface area (TPSA) is 26.3 Å². The molecule has 0 aliphatic heterocycles. The van der Waals surface area contributed by atoms with Gasteiger partial charge in [0.2, 0.25) is 0 Å². The normalized spacial score (nSPS) is 12.1. The van der Waals surface area contributed by atoms with Gasteiger partial charge in [-0.15, -0.1) is 0 Å². The molecular formula is C18H27FO2. The predicted octanol–water partition coefficient (Wildman–Crippen LogP) is 5.20. The fourth-order valence-electron chi connectivity index (χ4n) is 2.30. The van der Waals surface area contributed by atoms with Gasteiger partial charge in [-0.05, 0) is 24.0 Å². The summed E-state index contributed by atoms with van der Waals surface area (Å²) < 4.78 is 17.8. The van der Waals surface area contributed by atoms with E-state index in [-0.39, 0.29) is 18.5 Å². The number of halogens is 1. The van der Waals surface area contributed by atoms with Crippen LogP contribution in [0.1, 0.15) is 63.5 Å². The van der Waals surface area contributed by atoms with Gasteiger partial charge in [-0.3, -0.25) is 4.79 Å². The van der Waals surface area contributed by atoms with Crippen LogP contribution >= 0.6 is 0 Å². The maximum Gasteiger partial charge on any atom is 0.309 e. The summed E-state index contributed by atoms with van der Waals surface area (Å²) in [5.74, 6) is -0.101. The lowest BCUT2D eigenvalue weighted by molar-refractivity contribution is -0.150. The van der Waals surface area contributed by atoms with Crippen molar-refractivity contribution in [2.75, 3.05) is 0 Å². The Kier molecular flexibility index (Phi) is 8.72. The molecule has 0 amide bonds. The van der Waals surface area contributed by atoms with Crippen LogP contribution in [0, 0.1) is 5.92 Å². The summed E-state index contributed by atoms with van der Waals surface area (Å²) in [6.07, 6.45) is 6.45. The van der Waals surface area contributed by atoms with E-state index < -0.39 is 6.67 Å². The van der Waals surface area contributed by atoms with E-state index in [1.54, 1.807) is 12.1 Å². The Morgan fingerprint density at radius 2 is 1.76 bits per heavy atom. The number of alkyl halides is 1. The number of ether oxygens (including phenoxy) is 1. The molecule has 118 valence electrons. The molecule has 0 radical (unpaired) electrons. The summed E-state index contributed by atoms with van der Waals surface area (Å²) in [5, 5.41) is 0. The molecule has 3 heteroatoms. The van der Waals surface area contributed by atoms with E-state index in [4.69, 9.17) is 4.74 Å². The SMILES string of the molecule is CCCCCCC(CC)C(=O)OCc1ccc(CF)cc1. The molecule has 0 bridgehead atoms. The van der Waals surface area contributed by atoms with E-state index in [2.05, 4.69) is 6.92 Å². The van der Waals surface area contributed by atoms with E-state index in [0.717, 1.165) is 24.8 Å². The average molecular weight is 294 g/mol. The van der Waals surface area contributed by atoms with Crippen LogP contribution in [-0.2, 0) is 22.8 Å². The van der Waals surface area contributed by atoms with Crippen LogP contribution in [0.2, 0.25) is 0 Å². The maximum absolute atomic E-state index is 12.4. The smallest absolute Gasteiger partial charge is 0.309 e. The van der Waals surface area contributed by atoms with Crippen molar-refractivity contribution in [3.05, 3.63) is 35.4 Å². The molecule has 0 aliphatic rings. The van der Waals surface area contributed by atoms with Gasteiger partial charge in [0.15, 0.2) is 0 Å². The molecule has 0 aliphatic carbocycles. The van der Waals surface area contributed by atoms with Crippen LogP contribution in [0.3, 0.4) is 0 Å². The van der Waals surface area contributed by atoms with Gasteiger partial charge in [-0.2, -0.15) is 0 Å². The number of carbonyl (C=O) groups excluding carboxylic acids is 1. The highest BCUT2D eigenvalue weighted by Crippen LogP contribution is 2.17. The molecular weight excluding hydrogens is 267 g/mol. The zero-order valence-corrected chi connectivity index (χ0v) is 13.2. The van der Waals surface area contributed by atoms with E-state index in [0.29, 0.717) is 5.56 Å². The van der Waals surface area contributed by atoms with Crippen molar-refractivity contribution in [1.82, 2.24) is 0 Å². The third kappa shape index (κ3) is 6.74. The number of rotatable bonds is 10. The number of benzene rings is 1. The summed E-state index contributed by atoms with van der Waals surface area (Å²) in [7, 11) is 0. The molecule has 1 aromatic rings. The zero-order chi connectivity index (χ0) is 15.5. The molecule has 0 heterocycles. The van der Waals surface area contributed by atoms with Gasteiger partial charge in [0.25, 0.3) is 0 Å². The second-order valence-corrected chi connectivity index (χ2v) is 5.51. The van der Waals surface area contributed by atoms with Crippen LogP contribution in [0.15, 0.2) is 24.3 Å². The second kappa shape index (κ2) is 10.4. The van der Waals surface area contributed by atoms with E-state index in [9.17, 15) is 9.18 Å². The predicted molar refractivity (Wildman–Crippen MR) is 83.6 cm³/mol. The quantitative estimate of drug-likeness (QED) is 0.438. The van der Waals surface area contributed by atoms with E-state index >= 15 is 0 Å². The highest BCUT2D eigenvalue weighted by molar-refractivity contribution is 5.72. The maximum atomic E-state index is 12.4. The molecule has 0 fully saturated rings. The molecule has 0 spiro atoms. The number of esters is 1. The number of hydrogen-bond donors (Lipinski definition) is 0. The van der Waals surface area contributed by atoms with Gasteiger partial charge in [0, 0.05) is 0 Å². The average Bonchev–Trinajstić information content (AvgIpc) is 2.53. The van der Waals surface area contributed by atoms with Crippen molar-refractivity contribution >= 4 is 5.97 Å². The second-order valence-electron chi connectivity index (χ2n) is 5.51. The van der Waals surface area contributed by atoms with Gasteiger partial charge >= 0.3 is 5.97 Å². The van der Waals surface area contributed by atoms with Crippen LogP contribution in [0.4, 0.5) is 4.39 Å². The summed E-state index contributed by atoms with van der Waals surface area (Å²) in [5.41, 5.74) is 1.55. The molecule has 0 N–H and O–H groups in total. The summed E-state index contributed by atoms with van der Waals surface area (Å²) in [4.78, 5) is 12.1. The first-order chi connectivity index (χ1) is 10.2. The molecule has 1 rings (SSSR count). The number of unbranched alkanes of at least 4 members (excludes halogenated alkanes) is 3. The first-order valence-corrected chi connectivity index (χ1v) is 8.01. The molecule has 2 nitrogen and oxygen atoms in total. The molecule has 21 heavy (non-hydrogen) atoms. The van der Waals surface area contributed by atoms with Crippen molar-refractivity contribution in [3.8, 4) is 0 Å². The molecule has 1 atom stereocenters. The Bertz CT molecular complexity index is 400.